The highest BCUT2D eigenvalue weighted by Gasteiger charge is 2.38. The fourth-order valence-electron chi connectivity index (χ4n) is 6.02. The van der Waals surface area contributed by atoms with Crippen LogP contribution in [-0.4, -0.2) is 95.8 Å². The minimum absolute atomic E-state index is 0.0751. The number of benzene rings is 2. The Morgan fingerprint density at radius 1 is 0.846 bits per heavy atom. The standard InChI is InChI=1S/C37H50N6O9/c1-23(52-25-15-9-6-10-16-25)21-43(22-30(46)41-31(24-13-7-5-8-14-24)34(48)39-19-28(38)44)35(49)32(37(2,3)4)42-29(45)20-40-33(47)26-17-11-12-18-27(26)36(50)51/h6,9-12,15-18,23-24,31-32H,5,7-8,13-14,19-22H2,1-4H3,(H2,38,44)(H,39,48)(H,40,47)(H,41,46)(H,42,45)(H,50,51). The predicted molar refractivity (Wildman–Crippen MR) is 191 cm³/mol. The molecule has 15 heteroatoms. The number of carbonyl (C=O) groups excluding carboxylic acids is 6. The summed E-state index contributed by atoms with van der Waals surface area (Å²) in [4.78, 5) is 91.3. The van der Waals surface area contributed by atoms with Gasteiger partial charge in [-0.25, -0.2) is 4.79 Å². The number of carboxylic acid groups (broad SMARTS) is 1. The second-order valence-corrected chi connectivity index (χ2v) is 14.0. The molecule has 15 nitrogen and oxygen atoms in total. The SMILES string of the molecule is CC(CN(CC(=O)NC(C(=O)NCC(N)=O)C1CCCCC1)C(=O)C(NC(=O)CNC(=O)c1ccccc1C(=O)O)C(C)(C)C)Oc1ccccc1. The Morgan fingerprint density at radius 3 is 2.06 bits per heavy atom. The number of amides is 6. The van der Waals surface area contributed by atoms with Crippen LogP contribution < -0.4 is 31.7 Å². The number of ether oxygens (including phenoxy) is 1. The van der Waals surface area contributed by atoms with E-state index in [-0.39, 0.29) is 23.6 Å². The van der Waals surface area contributed by atoms with Crippen LogP contribution in [-0.2, 0) is 24.0 Å². The summed E-state index contributed by atoms with van der Waals surface area (Å²) in [5.74, 6) is -5.00. The molecule has 0 saturated heterocycles. The van der Waals surface area contributed by atoms with Gasteiger partial charge in [0.25, 0.3) is 5.91 Å². The second kappa shape index (κ2) is 19.2. The maximum Gasteiger partial charge on any atom is 0.336 e. The van der Waals surface area contributed by atoms with Crippen LogP contribution in [0.4, 0.5) is 0 Å². The Hall–Kier alpha value is -5.47. The van der Waals surface area contributed by atoms with Crippen LogP contribution in [0.2, 0.25) is 0 Å². The van der Waals surface area contributed by atoms with Crippen LogP contribution in [0.1, 0.15) is 80.5 Å². The normalized spacial score (nSPS) is 14.8. The summed E-state index contributed by atoms with van der Waals surface area (Å²) in [6.07, 6.45) is 3.52. The van der Waals surface area contributed by atoms with Gasteiger partial charge in [0.05, 0.1) is 37.3 Å². The van der Waals surface area contributed by atoms with Crippen molar-refractivity contribution in [2.24, 2.45) is 17.1 Å². The average Bonchev–Trinajstić information content (AvgIpc) is 3.10. The average molecular weight is 723 g/mol. The van der Waals surface area contributed by atoms with Gasteiger partial charge in [-0.2, -0.15) is 0 Å². The maximum atomic E-state index is 14.3. The molecule has 7 N–H and O–H groups in total. The molecule has 2 aromatic carbocycles. The molecule has 0 spiro atoms. The molecule has 1 aliphatic carbocycles. The van der Waals surface area contributed by atoms with Gasteiger partial charge in [0.2, 0.25) is 29.5 Å². The second-order valence-electron chi connectivity index (χ2n) is 14.0. The van der Waals surface area contributed by atoms with Gasteiger partial charge in [-0.15, -0.1) is 0 Å². The Balaban J connectivity index is 1.82. The number of rotatable bonds is 17. The van der Waals surface area contributed by atoms with E-state index in [9.17, 15) is 38.7 Å². The van der Waals surface area contributed by atoms with Crippen molar-refractivity contribution < 1.29 is 43.4 Å². The van der Waals surface area contributed by atoms with E-state index in [4.69, 9.17) is 10.5 Å². The lowest BCUT2D eigenvalue weighted by Gasteiger charge is -2.36. The number of carbonyl (C=O) groups is 7. The molecule has 1 fully saturated rings. The van der Waals surface area contributed by atoms with Gasteiger partial charge >= 0.3 is 5.97 Å². The first-order valence-electron chi connectivity index (χ1n) is 17.3. The number of nitrogens with two attached hydrogens (primary N) is 1. The number of para-hydroxylation sites is 1. The third kappa shape index (κ3) is 12.7. The predicted octanol–water partition coefficient (Wildman–Crippen LogP) is 1.61. The van der Waals surface area contributed by atoms with Gasteiger partial charge in [0.1, 0.15) is 23.9 Å². The van der Waals surface area contributed by atoms with E-state index < -0.39 is 84.6 Å². The first-order valence-corrected chi connectivity index (χ1v) is 17.3. The number of hydrogen-bond donors (Lipinski definition) is 6. The molecule has 3 atom stereocenters. The molecule has 0 aliphatic heterocycles. The minimum Gasteiger partial charge on any atom is -0.489 e. The Morgan fingerprint density at radius 2 is 1.46 bits per heavy atom. The summed E-state index contributed by atoms with van der Waals surface area (Å²) in [5, 5.41) is 19.8. The van der Waals surface area contributed by atoms with Crippen LogP contribution in [0, 0.1) is 11.3 Å². The number of carboxylic acids is 1. The molecule has 0 radical (unpaired) electrons. The van der Waals surface area contributed by atoms with Crippen molar-refractivity contribution in [3.05, 3.63) is 65.7 Å². The molecule has 52 heavy (non-hydrogen) atoms. The monoisotopic (exact) mass is 722 g/mol. The van der Waals surface area contributed by atoms with Crippen LogP contribution in [0.25, 0.3) is 0 Å². The summed E-state index contributed by atoms with van der Waals surface area (Å²) >= 11 is 0. The third-order valence-electron chi connectivity index (χ3n) is 8.59. The van der Waals surface area contributed by atoms with Crippen LogP contribution in [0.3, 0.4) is 0 Å². The first kappa shape index (κ1) is 41.0. The van der Waals surface area contributed by atoms with Crippen molar-refractivity contribution in [2.75, 3.05) is 26.2 Å². The summed E-state index contributed by atoms with van der Waals surface area (Å²) in [6.45, 7) is 5.38. The summed E-state index contributed by atoms with van der Waals surface area (Å²) < 4.78 is 6.02. The molecule has 6 amide bonds. The van der Waals surface area contributed by atoms with Crippen molar-refractivity contribution >= 4 is 41.4 Å². The topological polar surface area (TPSA) is 226 Å². The fraction of sp³-hybridized carbons (Fsp3) is 0.486. The Labute approximate surface area is 303 Å². The highest BCUT2D eigenvalue weighted by Crippen LogP contribution is 2.27. The van der Waals surface area contributed by atoms with Crippen LogP contribution in [0.5, 0.6) is 5.75 Å². The zero-order chi connectivity index (χ0) is 38.4. The smallest absolute Gasteiger partial charge is 0.336 e. The summed E-state index contributed by atoms with van der Waals surface area (Å²) in [7, 11) is 0. The Kier molecular flexibility index (Phi) is 15.1. The van der Waals surface area contributed by atoms with Gasteiger partial charge in [-0.05, 0) is 55.4 Å². The largest absolute Gasteiger partial charge is 0.489 e. The molecular weight excluding hydrogens is 672 g/mol. The van der Waals surface area contributed by atoms with Crippen molar-refractivity contribution in [3.8, 4) is 5.75 Å². The number of primary amides is 1. The zero-order valence-electron chi connectivity index (χ0n) is 30.1. The zero-order valence-corrected chi connectivity index (χ0v) is 30.1. The van der Waals surface area contributed by atoms with Gasteiger partial charge in [-0.1, -0.05) is 70.4 Å². The fourth-order valence-corrected chi connectivity index (χ4v) is 6.02. The molecule has 0 heterocycles. The van der Waals surface area contributed by atoms with Crippen molar-refractivity contribution in [3.63, 3.8) is 0 Å². The Bertz CT molecular complexity index is 1590. The lowest BCUT2D eigenvalue weighted by Crippen LogP contribution is -2.59. The number of hydrogen-bond acceptors (Lipinski definition) is 8. The maximum absolute atomic E-state index is 14.3. The van der Waals surface area contributed by atoms with E-state index >= 15 is 0 Å². The molecule has 1 aliphatic rings. The summed E-state index contributed by atoms with van der Waals surface area (Å²) in [5.41, 5.74) is 3.97. The van der Waals surface area contributed by atoms with E-state index in [1.54, 1.807) is 52.0 Å². The van der Waals surface area contributed by atoms with Gasteiger partial charge in [-0.3, -0.25) is 28.8 Å². The van der Waals surface area contributed by atoms with E-state index in [2.05, 4.69) is 21.3 Å². The van der Waals surface area contributed by atoms with Gasteiger partial charge in [0, 0.05) is 0 Å². The van der Waals surface area contributed by atoms with Crippen LogP contribution in [0.15, 0.2) is 54.6 Å². The molecule has 1 saturated carbocycles. The molecule has 3 unspecified atom stereocenters. The van der Waals surface area contributed by atoms with E-state index in [0.29, 0.717) is 18.6 Å². The van der Waals surface area contributed by atoms with Crippen LogP contribution >= 0.6 is 0 Å². The molecule has 2 aromatic rings. The van der Waals surface area contributed by atoms with Crippen molar-refractivity contribution in [2.45, 2.75) is 78.0 Å². The third-order valence-corrected chi connectivity index (χ3v) is 8.59. The van der Waals surface area contributed by atoms with Gasteiger partial charge in [0.15, 0.2) is 0 Å². The summed E-state index contributed by atoms with van der Waals surface area (Å²) in [6, 6.07) is 12.3. The van der Waals surface area contributed by atoms with Crippen molar-refractivity contribution in [1.82, 2.24) is 26.2 Å². The molecule has 0 aromatic heterocycles. The molecule has 3 rings (SSSR count). The van der Waals surface area contributed by atoms with E-state index in [1.807, 2.05) is 6.07 Å². The first-order chi connectivity index (χ1) is 24.6. The molecule has 0 bridgehead atoms. The van der Waals surface area contributed by atoms with E-state index in [0.717, 1.165) is 19.3 Å². The highest BCUT2D eigenvalue weighted by atomic mass is 16.5. The number of nitrogens with one attached hydrogen (secondary N) is 4. The van der Waals surface area contributed by atoms with E-state index in [1.165, 1.54) is 29.2 Å². The minimum atomic E-state index is -1.31. The molecular formula is C37H50N6O9. The quantitative estimate of drug-likeness (QED) is 0.139. The number of aromatic carboxylic acids is 1. The van der Waals surface area contributed by atoms with Crippen molar-refractivity contribution in [1.29, 1.82) is 0 Å². The molecule has 282 valence electrons. The highest BCUT2D eigenvalue weighted by molar-refractivity contribution is 6.05. The number of nitrogens with zero attached hydrogens (tertiary/aromatic N) is 1. The lowest BCUT2D eigenvalue weighted by atomic mass is 9.83. The lowest BCUT2D eigenvalue weighted by molar-refractivity contribution is -0.143. The van der Waals surface area contributed by atoms with Gasteiger partial charge < -0.3 is 41.7 Å².